The summed E-state index contributed by atoms with van der Waals surface area (Å²) in [4.78, 5) is 53.6. The predicted octanol–water partition coefficient (Wildman–Crippen LogP) is 4.59. The number of nitrogens with zero attached hydrogens (tertiary/aromatic N) is 2. The Morgan fingerprint density at radius 3 is 2.18 bits per heavy atom. The van der Waals surface area contributed by atoms with E-state index in [1.54, 1.807) is 17.0 Å². The molecule has 0 aromatic heterocycles. The van der Waals surface area contributed by atoms with Gasteiger partial charge in [0.2, 0.25) is 11.8 Å². The summed E-state index contributed by atoms with van der Waals surface area (Å²) < 4.78 is 0. The maximum Gasteiger partial charge on any atom is 0.335 e. The molecule has 0 spiro atoms. The second-order valence-corrected chi connectivity index (χ2v) is 13.1. The maximum absolute atomic E-state index is 14.6. The van der Waals surface area contributed by atoms with Crippen molar-refractivity contribution in [2.45, 2.75) is 51.9 Å². The van der Waals surface area contributed by atoms with Crippen LogP contribution < -0.4 is 11.1 Å². The van der Waals surface area contributed by atoms with Gasteiger partial charge in [-0.25, -0.2) is 9.59 Å². The molecule has 5 rings (SSSR count). The molecule has 1 aliphatic carbocycles. The Kier molecular flexibility index (Phi) is 8.42. The lowest BCUT2D eigenvalue weighted by molar-refractivity contribution is -0.144. The Bertz CT molecular complexity index is 1500. The molecule has 1 atom stereocenters. The van der Waals surface area contributed by atoms with Gasteiger partial charge in [0.15, 0.2) is 0 Å². The third kappa shape index (κ3) is 5.75. The molecule has 2 aliphatic heterocycles. The van der Waals surface area contributed by atoms with Gasteiger partial charge in [-0.15, -0.1) is 0 Å². The van der Waals surface area contributed by atoms with Gasteiger partial charge in [-0.05, 0) is 48.1 Å². The van der Waals surface area contributed by atoms with Crippen molar-refractivity contribution in [2.75, 3.05) is 32.7 Å². The van der Waals surface area contributed by atoms with Gasteiger partial charge in [0.05, 0.1) is 11.0 Å². The maximum atomic E-state index is 14.6. The van der Waals surface area contributed by atoms with Crippen LogP contribution >= 0.6 is 0 Å². The molecule has 2 aromatic rings. The average molecular weight is 599 g/mol. The summed E-state index contributed by atoms with van der Waals surface area (Å²) in [5.41, 5.74) is 8.58. The van der Waals surface area contributed by atoms with Crippen molar-refractivity contribution in [1.29, 1.82) is 0 Å². The Balaban J connectivity index is 1.36. The van der Waals surface area contributed by atoms with E-state index in [1.807, 2.05) is 47.4 Å². The van der Waals surface area contributed by atoms with Crippen LogP contribution in [0.25, 0.3) is 5.57 Å². The fraction of sp³-hybridized carbons (Fsp3) is 0.429. The summed E-state index contributed by atoms with van der Waals surface area (Å²) in [5, 5.41) is 11.8. The summed E-state index contributed by atoms with van der Waals surface area (Å²) in [7, 11) is 0. The van der Waals surface area contributed by atoms with E-state index in [0.29, 0.717) is 39.0 Å². The van der Waals surface area contributed by atoms with E-state index in [9.17, 15) is 24.3 Å². The van der Waals surface area contributed by atoms with Crippen molar-refractivity contribution in [3.05, 3.63) is 89.0 Å². The number of hydrogen-bond donors (Lipinski definition) is 3. The number of hydrogen-bond acceptors (Lipinski definition) is 4. The second kappa shape index (κ2) is 11.9. The minimum absolute atomic E-state index is 0.0597. The minimum Gasteiger partial charge on any atom is -0.478 e. The van der Waals surface area contributed by atoms with E-state index >= 15 is 0 Å². The first-order valence-electron chi connectivity index (χ1n) is 15.3. The van der Waals surface area contributed by atoms with Crippen LogP contribution in [0.5, 0.6) is 0 Å². The number of fused-ring (bicyclic) bond motifs is 1. The van der Waals surface area contributed by atoms with Crippen LogP contribution in [0.15, 0.2) is 72.3 Å². The molecule has 44 heavy (non-hydrogen) atoms. The first kappa shape index (κ1) is 31.0. The molecule has 0 radical (unpaired) electrons. The Labute approximate surface area is 258 Å². The van der Waals surface area contributed by atoms with Crippen LogP contribution in [0, 0.1) is 10.8 Å². The third-order valence-electron chi connectivity index (χ3n) is 9.88. The van der Waals surface area contributed by atoms with Gasteiger partial charge in [0.1, 0.15) is 0 Å². The number of benzene rings is 2. The lowest BCUT2D eigenvalue weighted by Crippen LogP contribution is -2.57. The van der Waals surface area contributed by atoms with Gasteiger partial charge in [-0.2, -0.15) is 0 Å². The number of rotatable bonds is 7. The lowest BCUT2D eigenvalue weighted by atomic mass is 9.58. The largest absolute Gasteiger partial charge is 0.478 e. The highest BCUT2D eigenvalue weighted by molar-refractivity contribution is 5.90. The summed E-state index contributed by atoms with van der Waals surface area (Å²) in [6, 6.07) is 16.3. The molecular formula is C35H42N4O5. The number of nitrogens with two attached hydrogens (primary N) is 1. The lowest BCUT2D eigenvalue weighted by Gasteiger charge is -2.52. The van der Waals surface area contributed by atoms with Crippen molar-refractivity contribution in [3.63, 3.8) is 0 Å². The van der Waals surface area contributed by atoms with Crippen LogP contribution in [-0.4, -0.2) is 71.4 Å². The van der Waals surface area contributed by atoms with Gasteiger partial charge in [-0.1, -0.05) is 81.0 Å². The molecule has 9 heteroatoms. The van der Waals surface area contributed by atoms with E-state index < -0.39 is 17.4 Å². The molecule has 4 amide bonds. The van der Waals surface area contributed by atoms with Crippen LogP contribution in [0.3, 0.4) is 0 Å². The van der Waals surface area contributed by atoms with E-state index in [2.05, 4.69) is 38.2 Å². The third-order valence-corrected chi connectivity index (χ3v) is 9.88. The molecule has 0 saturated carbocycles. The summed E-state index contributed by atoms with van der Waals surface area (Å²) in [6.07, 6.45) is 6.46. The van der Waals surface area contributed by atoms with E-state index in [-0.39, 0.29) is 41.2 Å². The number of carboxylic acid groups (broad SMARTS) is 1. The molecule has 1 saturated heterocycles. The molecule has 4 N–H and O–H groups in total. The normalized spacial score (nSPS) is 22.2. The smallest absolute Gasteiger partial charge is 0.335 e. The number of amides is 4. The van der Waals surface area contributed by atoms with E-state index in [1.165, 1.54) is 11.1 Å². The van der Waals surface area contributed by atoms with Crippen LogP contribution in [0.4, 0.5) is 4.79 Å². The average Bonchev–Trinajstić information content (AvgIpc) is 3.00. The Morgan fingerprint density at radius 2 is 1.57 bits per heavy atom. The number of carbonyl (C=O) groups is 4. The zero-order chi connectivity index (χ0) is 31.7. The molecular weight excluding hydrogens is 556 g/mol. The Morgan fingerprint density at radius 1 is 0.909 bits per heavy atom. The molecule has 0 bridgehead atoms. The Hall–Kier alpha value is -4.40. The number of carbonyl (C=O) groups excluding carboxylic acids is 3. The zero-order valence-corrected chi connectivity index (χ0v) is 25.8. The molecule has 9 nitrogen and oxygen atoms in total. The van der Waals surface area contributed by atoms with Crippen molar-refractivity contribution in [3.8, 4) is 0 Å². The quantitative estimate of drug-likeness (QED) is 0.401. The van der Waals surface area contributed by atoms with E-state index in [0.717, 1.165) is 17.5 Å². The summed E-state index contributed by atoms with van der Waals surface area (Å²) in [5.74, 6) is -0.904. The van der Waals surface area contributed by atoms with Gasteiger partial charge in [0, 0.05) is 50.0 Å². The zero-order valence-electron chi connectivity index (χ0n) is 25.8. The summed E-state index contributed by atoms with van der Waals surface area (Å²) in [6.45, 7) is 8.87. The first-order chi connectivity index (χ1) is 20.9. The highest BCUT2D eigenvalue weighted by atomic mass is 16.4. The number of likely N-dealkylation sites (tertiary alicyclic amines) is 1. The van der Waals surface area contributed by atoms with Gasteiger partial charge in [-0.3, -0.25) is 9.59 Å². The van der Waals surface area contributed by atoms with Gasteiger partial charge in [0.25, 0.3) is 0 Å². The molecule has 1 fully saturated rings. The van der Waals surface area contributed by atoms with Crippen LogP contribution in [-0.2, 0) is 15.0 Å². The standard InChI is InChI=1S/C35H42N4O5/c1-33(2)27(24-9-11-25(12-10-24)30(41)42)13-16-34(3)23-39(20-15-28(33)34)31(43)35(26-7-5-4-6-8-26)17-21-38(22-18-35)29(40)14-19-37-32(36)44/h4-13,15H,14,16-23H2,1-3H3,(H,41,42)(H3,36,37,44)/t34-/m1/s1. The van der Waals surface area contributed by atoms with Crippen molar-refractivity contribution in [1.82, 2.24) is 15.1 Å². The molecule has 2 aromatic carbocycles. The van der Waals surface area contributed by atoms with Gasteiger partial charge >= 0.3 is 12.0 Å². The topological polar surface area (TPSA) is 133 Å². The number of aromatic carboxylic acids is 1. The van der Waals surface area contributed by atoms with E-state index in [4.69, 9.17) is 5.73 Å². The molecule has 3 aliphatic rings. The van der Waals surface area contributed by atoms with Crippen LogP contribution in [0.1, 0.15) is 67.9 Å². The number of nitrogens with one attached hydrogen (secondary N) is 1. The number of primary amides is 1. The fourth-order valence-electron chi connectivity index (χ4n) is 7.63. The van der Waals surface area contributed by atoms with Crippen molar-refractivity contribution < 1.29 is 24.3 Å². The minimum atomic E-state index is -0.941. The fourth-order valence-corrected chi connectivity index (χ4v) is 7.63. The SMILES string of the molecule is CC1(C)C(c2ccc(C(=O)O)cc2)=CC[C@]2(C)CN(C(=O)C3(c4ccccc4)CCN(C(=O)CCNC(N)=O)CC3)CC=C12. The van der Waals surface area contributed by atoms with Crippen molar-refractivity contribution in [2.24, 2.45) is 16.6 Å². The monoisotopic (exact) mass is 598 g/mol. The number of allylic oxidation sites excluding steroid dienone is 2. The highest BCUT2D eigenvalue weighted by Crippen LogP contribution is 2.55. The molecule has 232 valence electrons. The number of carboxylic acids is 1. The first-order valence-corrected chi connectivity index (χ1v) is 15.3. The second-order valence-electron chi connectivity index (χ2n) is 13.1. The summed E-state index contributed by atoms with van der Waals surface area (Å²) >= 11 is 0. The highest BCUT2D eigenvalue weighted by Gasteiger charge is 2.50. The number of urea groups is 1. The van der Waals surface area contributed by atoms with Gasteiger partial charge < -0.3 is 26.0 Å². The van der Waals surface area contributed by atoms with Crippen LogP contribution in [0.2, 0.25) is 0 Å². The molecule has 2 heterocycles. The van der Waals surface area contributed by atoms with Crippen molar-refractivity contribution >= 4 is 29.4 Å². The molecule has 0 unspecified atom stereocenters. The predicted molar refractivity (Wildman–Crippen MR) is 169 cm³/mol. The number of piperidine rings is 1.